The lowest BCUT2D eigenvalue weighted by atomic mass is 10.1. The van der Waals surface area contributed by atoms with Gasteiger partial charge in [-0.2, -0.15) is 5.10 Å². The predicted octanol–water partition coefficient (Wildman–Crippen LogP) is 4.86. The van der Waals surface area contributed by atoms with E-state index in [1.54, 1.807) is 70.5 Å². The number of hydrogen-bond acceptors (Lipinski definition) is 4. The predicted molar refractivity (Wildman–Crippen MR) is 115 cm³/mol. The molecule has 3 aromatic rings. The fourth-order valence-electron chi connectivity index (χ4n) is 3.83. The number of fused-ring (bicyclic) bond motifs is 1. The minimum atomic E-state index is -1.44. The average molecular weight is 417 g/mol. The minimum absolute atomic E-state index is 0.0529. The van der Waals surface area contributed by atoms with E-state index in [9.17, 15) is 0 Å². The summed E-state index contributed by atoms with van der Waals surface area (Å²) in [6.07, 6.45) is 4.21. The van der Waals surface area contributed by atoms with Gasteiger partial charge in [0.25, 0.3) is 0 Å². The first kappa shape index (κ1) is 19.2. The molecule has 156 valence electrons. The van der Waals surface area contributed by atoms with E-state index in [1.807, 2.05) is 31.5 Å². The summed E-state index contributed by atoms with van der Waals surface area (Å²) in [4.78, 5) is 7.69. The molecule has 0 radical (unpaired) electrons. The lowest BCUT2D eigenvalue weighted by Crippen LogP contribution is -2.40. The quantitative estimate of drug-likeness (QED) is 0.557. The van der Waals surface area contributed by atoms with Crippen LogP contribution in [-0.2, 0) is 7.05 Å². The molecule has 5 rings (SSSR count). The molecule has 0 saturated heterocycles. The molecule has 0 fully saturated rings. The molecule has 7 heteroatoms. The molecular weight excluding hydrogens is 396 g/mol. The van der Waals surface area contributed by atoms with Crippen LogP contribution >= 0.6 is 0 Å². The zero-order valence-corrected chi connectivity index (χ0v) is 16.9. The zero-order chi connectivity index (χ0) is 21.4. The second-order valence-electron chi connectivity index (χ2n) is 7.56. The number of benzene rings is 2. The van der Waals surface area contributed by atoms with Crippen molar-refractivity contribution in [1.29, 1.82) is 0 Å². The van der Waals surface area contributed by atoms with Gasteiger partial charge in [0.1, 0.15) is 5.70 Å². The summed E-state index contributed by atoms with van der Waals surface area (Å²) in [7, 11) is 1.83. The Balaban J connectivity index is 1.54. The molecule has 0 spiro atoms. The highest BCUT2D eigenvalue weighted by Crippen LogP contribution is 2.39. The number of allylic oxidation sites excluding steroid dienone is 1. The smallest absolute Gasteiger partial charge is 0.199 e. The van der Waals surface area contributed by atoms with Crippen LogP contribution in [0.25, 0.3) is 0 Å². The van der Waals surface area contributed by atoms with Crippen molar-refractivity contribution in [3.8, 4) is 0 Å². The van der Waals surface area contributed by atoms with Crippen LogP contribution in [0.15, 0.2) is 102 Å². The zero-order valence-electron chi connectivity index (χ0n) is 16.9. The van der Waals surface area contributed by atoms with Crippen molar-refractivity contribution >= 4 is 5.71 Å². The maximum absolute atomic E-state index is 15.7. The molecule has 5 nitrogen and oxygen atoms in total. The molecule has 2 aromatic carbocycles. The number of nitrogens with zero attached hydrogens (tertiary/aromatic N) is 5. The second kappa shape index (κ2) is 7.83. The maximum Gasteiger partial charge on any atom is 0.199 e. The lowest BCUT2D eigenvalue weighted by molar-refractivity contribution is 0.0161. The SMILES string of the molecule is Cn1cc(C2=NC3=CN(C(F)c4ccccc4)CN(C(F)c4ccccc4)C3=C2)cn1. The van der Waals surface area contributed by atoms with Crippen molar-refractivity contribution in [2.24, 2.45) is 12.0 Å². The highest BCUT2D eigenvalue weighted by molar-refractivity contribution is 6.11. The number of aryl methyl sites for hydroxylation is 1. The number of alkyl halides is 2. The second-order valence-corrected chi connectivity index (χ2v) is 7.56. The van der Waals surface area contributed by atoms with Crippen molar-refractivity contribution in [2.75, 3.05) is 6.67 Å². The molecule has 0 N–H and O–H groups in total. The van der Waals surface area contributed by atoms with Crippen molar-refractivity contribution in [2.45, 2.75) is 12.6 Å². The standard InChI is InChI=1S/C24H21F2N5/c1-29-14-19(13-27-29)20-12-22-21(28-20)15-30(23(25)17-8-4-2-5-9-17)16-31(22)24(26)18-10-6-3-7-11-18/h2-15,23-24H,16H2,1H3. The normalized spacial score (nSPS) is 17.6. The summed E-state index contributed by atoms with van der Waals surface area (Å²) in [6.45, 7) is 0.0529. The van der Waals surface area contributed by atoms with E-state index >= 15 is 8.78 Å². The van der Waals surface area contributed by atoms with E-state index in [-0.39, 0.29) is 6.67 Å². The molecule has 1 aromatic heterocycles. The topological polar surface area (TPSA) is 36.7 Å². The average Bonchev–Trinajstić information content (AvgIpc) is 3.44. The Morgan fingerprint density at radius 2 is 1.55 bits per heavy atom. The Morgan fingerprint density at radius 3 is 2.16 bits per heavy atom. The molecule has 0 saturated carbocycles. The molecule has 2 aliphatic heterocycles. The fraction of sp³-hybridized carbons (Fsp3) is 0.167. The number of aliphatic imine (C=N–C) groups is 1. The van der Waals surface area contributed by atoms with E-state index in [0.717, 1.165) is 5.56 Å². The summed E-state index contributed by atoms with van der Waals surface area (Å²) in [5.74, 6) is 0. The van der Waals surface area contributed by atoms with Gasteiger partial charge in [-0.3, -0.25) is 4.68 Å². The minimum Gasteiger partial charge on any atom is -0.325 e. The summed E-state index contributed by atoms with van der Waals surface area (Å²) < 4.78 is 32.8. The summed E-state index contributed by atoms with van der Waals surface area (Å²) in [5, 5.41) is 4.19. The van der Waals surface area contributed by atoms with Crippen LogP contribution in [0, 0.1) is 0 Å². The van der Waals surface area contributed by atoms with Crippen LogP contribution in [0.1, 0.15) is 29.3 Å². The number of rotatable bonds is 5. The molecule has 0 bridgehead atoms. The summed E-state index contributed by atoms with van der Waals surface area (Å²) in [6, 6.07) is 17.8. The Hall–Kier alpha value is -3.74. The molecule has 2 aliphatic rings. The highest BCUT2D eigenvalue weighted by atomic mass is 19.1. The number of halogens is 2. The first-order valence-corrected chi connectivity index (χ1v) is 10.0. The molecule has 2 atom stereocenters. The van der Waals surface area contributed by atoms with Gasteiger partial charge in [-0.15, -0.1) is 0 Å². The number of hydrogen-bond donors (Lipinski definition) is 0. The molecule has 0 amide bonds. The van der Waals surface area contributed by atoms with Crippen LogP contribution in [0.5, 0.6) is 0 Å². The fourth-order valence-corrected chi connectivity index (χ4v) is 3.83. The van der Waals surface area contributed by atoms with Crippen LogP contribution < -0.4 is 0 Å². The monoisotopic (exact) mass is 417 g/mol. The third-order valence-corrected chi connectivity index (χ3v) is 5.40. The van der Waals surface area contributed by atoms with Gasteiger partial charge in [0.05, 0.1) is 24.3 Å². The maximum atomic E-state index is 15.7. The van der Waals surface area contributed by atoms with Gasteiger partial charge in [0.2, 0.25) is 0 Å². The van der Waals surface area contributed by atoms with Crippen molar-refractivity contribution in [1.82, 2.24) is 19.6 Å². The van der Waals surface area contributed by atoms with E-state index in [1.165, 1.54) is 4.90 Å². The molecule has 0 aliphatic carbocycles. The summed E-state index contributed by atoms with van der Waals surface area (Å²) >= 11 is 0. The van der Waals surface area contributed by atoms with E-state index < -0.39 is 12.6 Å². The molecule has 3 heterocycles. The highest BCUT2D eigenvalue weighted by Gasteiger charge is 2.35. The molecule has 31 heavy (non-hydrogen) atoms. The first-order chi connectivity index (χ1) is 15.1. The largest absolute Gasteiger partial charge is 0.325 e. The Morgan fingerprint density at radius 1 is 0.903 bits per heavy atom. The van der Waals surface area contributed by atoms with Gasteiger partial charge in [-0.1, -0.05) is 60.7 Å². The van der Waals surface area contributed by atoms with Crippen molar-refractivity contribution in [3.05, 3.63) is 113 Å². The van der Waals surface area contributed by atoms with Crippen molar-refractivity contribution in [3.63, 3.8) is 0 Å². The van der Waals surface area contributed by atoms with Crippen molar-refractivity contribution < 1.29 is 8.78 Å². The van der Waals surface area contributed by atoms with Gasteiger partial charge >= 0.3 is 0 Å². The van der Waals surface area contributed by atoms with Gasteiger partial charge in [0.15, 0.2) is 12.6 Å². The van der Waals surface area contributed by atoms with Gasteiger partial charge in [-0.25, -0.2) is 13.8 Å². The van der Waals surface area contributed by atoms with Gasteiger partial charge in [0, 0.05) is 36.1 Å². The first-order valence-electron chi connectivity index (χ1n) is 10.0. The van der Waals surface area contributed by atoms with Gasteiger partial charge in [-0.05, 0) is 6.08 Å². The van der Waals surface area contributed by atoms with Crippen LogP contribution in [0.3, 0.4) is 0 Å². The van der Waals surface area contributed by atoms with Crippen LogP contribution in [-0.4, -0.2) is 32.0 Å². The Bertz CT molecular complexity index is 1170. The lowest BCUT2D eigenvalue weighted by Gasteiger charge is -2.39. The Labute approximate surface area is 179 Å². The molecular formula is C24H21F2N5. The van der Waals surface area contributed by atoms with Crippen LogP contribution in [0.4, 0.5) is 8.78 Å². The third kappa shape index (κ3) is 3.63. The third-order valence-electron chi connectivity index (χ3n) is 5.40. The Kier molecular flexibility index (Phi) is 4.86. The van der Waals surface area contributed by atoms with Crippen LogP contribution in [0.2, 0.25) is 0 Å². The van der Waals surface area contributed by atoms with E-state index in [0.29, 0.717) is 28.2 Å². The molecule has 2 unspecified atom stereocenters. The number of aromatic nitrogens is 2. The summed E-state index contributed by atoms with van der Waals surface area (Å²) in [5.41, 5.74) is 3.68. The van der Waals surface area contributed by atoms with E-state index in [2.05, 4.69) is 10.1 Å². The van der Waals surface area contributed by atoms with E-state index in [4.69, 9.17) is 0 Å². The van der Waals surface area contributed by atoms with Gasteiger partial charge < -0.3 is 9.80 Å².